The van der Waals surface area contributed by atoms with E-state index in [9.17, 15) is 9.18 Å². The Hall–Kier alpha value is -2.19. The second-order valence-corrected chi connectivity index (χ2v) is 6.49. The van der Waals surface area contributed by atoms with Crippen molar-refractivity contribution in [3.05, 3.63) is 40.9 Å². The molecule has 9 heteroatoms. The minimum Gasteiger partial charge on any atom is -0.484 e. The number of likely N-dealkylation sites (tertiary alicyclic amines) is 1. The van der Waals surface area contributed by atoms with Gasteiger partial charge in [0, 0.05) is 19.2 Å². The van der Waals surface area contributed by atoms with E-state index in [1.165, 1.54) is 18.2 Å². The summed E-state index contributed by atoms with van der Waals surface area (Å²) >= 11 is 5.71. The molecule has 2 aliphatic rings. The minimum atomic E-state index is -0.525. The van der Waals surface area contributed by atoms with Crippen LogP contribution in [-0.4, -0.2) is 51.6 Å². The monoisotopic (exact) mass is 366 g/mol. The van der Waals surface area contributed by atoms with Gasteiger partial charge in [-0.3, -0.25) is 4.79 Å². The van der Waals surface area contributed by atoms with Gasteiger partial charge in [0.15, 0.2) is 6.61 Å². The zero-order valence-corrected chi connectivity index (χ0v) is 14.0. The van der Waals surface area contributed by atoms with Crippen LogP contribution in [0.15, 0.2) is 24.4 Å². The van der Waals surface area contributed by atoms with Crippen molar-refractivity contribution >= 4 is 17.5 Å². The first-order valence-corrected chi connectivity index (χ1v) is 8.36. The van der Waals surface area contributed by atoms with E-state index in [2.05, 4.69) is 10.3 Å². The number of carbonyl (C=O) groups is 1. The van der Waals surface area contributed by atoms with Gasteiger partial charge in [-0.15, -0.1) is 5.10 Å². The molecule has 0 unspecified atom stereocenters. The molecule has 4 rings (SSSR count). The van der Waals surface area contributed by atoms with Crippen LogP contribution in [-0.2, 0) is 16.1 Å². The van der Waals surface area contributed by atoms with Crippen molar-refractivity contribution in [2.24, 2.45) is 0 Å². The SMILES string of the molecule is O=C(COc1ccc(F)c(Cl)c1)N1CC[C@@H]2OCc3cnnn3[C@H]2C1. The molecular weight excluding hydrogens is 351 g/mol. The summed E-state index contributed by atoms with van der Waals surface area (Å²) in [7, 11) is 0. The number of hydrogen-bond donors (Lipinski definition) is 0. The van der Waals surface area contributed by atoms with Crippen molar-refractivity contribution in [1.29, 1.82) is 0 Å². The zero-order valence-electron chi connectivity index (χ0n) is 13.3. The van der Waals surface area contributed by atoms with Crippen LogP contribution in [0.4, 0.5) is 4.39 Å². The Kier molecular flexibility index (Phi) is 4.30. The third-order valence-electron chi connectivity index (χ3n) is 4.53. The summed E-state index contributed by atoms with van der Waals surface area (Å²) in [5.41, 5.74) is 0.910. The van der Waals surface area contributed by atoms with E-state index in [0.29, 0.717) is 25.4 Å². The number of rotatable bonds is 3. The molecule has 0 spiro atoms. The largest absolute Gasteiger partial charge is 0.484 e. The molecule has 7 nitrogen and oxygen atoms in total. The van der Waals surface area contributed by atoms with Gasteiger partial charge in [0.1, 0.15) is 11.6 Å². The summed E-state index contributed by atoms with van der Waals surface area (Å²) in [6, 6.07) is 3.97. The van der Waals surface area contributed by atoms with Crippen LogP contribution in [0.5, 0.6) is 5.75 Å². The molecule has 3 heterocycles. The third-order valence-corrected chi connectivity index (χ3v) is 4.82. The first kappa shape index (κ1) is 16.3. The van der Waals surface area contributed by atoms with E-state index in [1.807, 2.05) is 4.68 Å². The number of ether oxygens (including phenoxy) is 2. The fourth-order valence-corrected chi connectivity index (χ4v) is 3.38. The predicted molar refractivity (Wildman–Crippen MR) is 85.7 cm³/mol. The summed E-state index contributed by atoms with van der Waals surface area (Å²) in [4.78, 5) is 14.2. The van der Waals surface area contributed by atoms with Gasteiger partial charge in [-0.05, 0) is 18.6 Å². The fraction of sp³-hybridized carbons (Fsp3) is 0.438. The van der Waals surface area contributed by atoms with E-state index in [4.69, 9.17) is 21.1 Å². The summed E-state index contributed by atoms with van der Waals surface area (Å²) in [6.45, 7) is 1.45. The second-order valence-electron chi connectivity index (χ2n) is 6.08. The second kappa shape index (κ2) is 6.61. The maximum absolute atomic E-state index is 13.2. The molecule has 1 aromatic heterocycles. The third kappa shape index (κ3) is 3.19. The predicted octanol–water partition coefficient (Wildman–Crippen LogP) is 1.82. The normalized spacial score (nSPS) is 22.2. The number of hydrogen-bond acceptors (Lipinski definition) is 5. The van der Waals surface area contributed by atoms with Gasteiger partial charge in [-0.1, -0.05) is 16.8 Å². The lowest BCUT2D eigenvalue weighted by Crippen LogP contribution is -2.50. The number of nitrogens with zero attached hydrogens (tertiary/aromatic N) is 4. The molecule has 1 amide bonds. The highest BCUT2D eigenvalue weighted by Crippen LogP contribution is 2.30. The van der Waals surface area contributed by atoms with Gasteiger partial charge in [0.2, 0.25) is 0 Å². The smallest absolute Gasteiger partial charge is 0.260 e. The van der Waals surface area contributed by atoms with Crippen LogP contribution in [0.2, 0.25) is 5.02 Å². The molecule has 1 aromatic carbocycles. The molecule has 1 saturated heterocycles. The maximum atomic E-state index is 13.2. The van der Waals surface area contributed by atoms with Crippen LogP contribution in [0.1, 0.15) is 18.2 Å². The van der Waals surface area contributed by atoms with Crippen molar-refractivity contribution in [1.82, 2.24) is 19.9 Å². The van der Waals surface area contributed by atoms with Gasteiger partial charge in [0.05, 0.1) is 35.7 Å². The van der Waals surface area contributed by atoms with Crippen molar-refractivity contribution in [2.45, 2.75) is 25.2 Å². The van der Waals surface area contributed by atoms with Gasteiger partial charge in [0.25, 0.3) is 5.91 Å². The van der Waals surface area contributed by atoms with Crippen molar-refractivity contribution < 1.29 is 18.7 Å². The molecule has 0 bridgehead atoms. The fourth-order valence-electron chi connectivity index (χ4n) is 3.21. The van der Waals surface area contributed by atoms with E-state index < -0.39 is 5.82 Å². The van der Waals surface area contributed by atoms with Crippen LogP contribution in [0, 0.1) is 5.82 Å². The topological polar surface area (TPSA) is 69.5 Å². The molecule has 0 radical (unpaired) electrons. The highest BCUT2D eigenvalue weighted by molar-refractivity contribution is 6.30. The Morgan fingerprint density at radius 3 is 3.20 bits per heavy atom. The summed E-state index contributed by atoms with van der Waals surface area (Å²) in [5.74, 6) is -0.316. The highest BCUT2D eigenvalue weighted by Gasteiger charge is 2.37. The quantitative estimate of drug-likeness (QED) is 0.828. The van der Waals surface area contributed by atoms with Crippen molar-refractivity contribution in [3.63, 3.8) is 0 Å². The van der Waals surface area contributed by atoms with E-state index in [-0.39, 0.29) is 29.7 Å². The Morgan fingerprint density at radius 2 is 2.36 bits per heavy atom. The van der Waals surface area contributed by atoms with E-state index in [1.54, 1.807) is 11.1 Å². The molecule has 0 N–H and O–H groups in total. The lowest BCUT2D eigenvalue weighted by Gasteiger charge is -2.40. The first-order chi connectivity index (χ1) is 12.1. The zero-order chi connectivity index (χ0) is 17.4. The van der Waals surface area contributed by atoms with Crippen molar-refractivity contribution in [2.75, 3.05) is 19.7 Å². The van der Waals surface area contributed by atoms with Gasteiger partial charge in [-0.25, -0.2) is 9.07 Å². The highest BCUT2D eigenvalue weighted by atomic mass is 35.5. The van der Waals surface area contributed by atoms with Crippen LogP contribution >= 0.6 is 11.6 Å². The van der Waals surface area contributed by atoms with E-state index >= 15 is 0 Å². The van der Waals surface area contributed by atoms with Crippen LogP contribution in [0.3, 0.4) is 0 Å². The summed E-state index contributed by atoms with van der Waals surface area (Å²) in [5, 5.41) is 7.99. The number of amides is 1. The number of fused-ring (bicyclic) bond motifs is 3. The Labute approximate surface area is 148 Å². The molecule has 0 aliphatic carbocycles. The van der Waals surface area contributed by atoms with Gasteiger partial charge in [-0.2, -0.15) is 0 Å². The van der Waals surface area contributed by atoms with Crippen LogP contribution in [0.25, 0.3) is 0 Å². The Balaban J connectivity index is 1.39. The number of aromatic nitrogens is 3. The number of benzene rings is 1. The number of halogens is 2. The molecular formula is C16H16ClFN4O3. The average molecular weight is 367 g/mol. The molecule has 25 heavy (non-hydrogen) atoms. The number of carbonyl (C=O) groups excluding carboxylic acids is 1. The summed E-state index contributed by atoms with van der Waals surface area (Å²) in [6.07, 6.45) is 2.45. The molecule has 1 fully saturated rings. The van der Waals surface area contributed by atoms with Gasteiger partial charge < -0.3 is 14.4 Å². The maximum Gasteiger partial charge on any atom is 0.260 e. The summed E-state index contributed by atoms with van der Waals surface area (Å²) < 4.78 is 26.3. The molecule has 132 valence electrons. The van der Waals surface area contributed by atoms with E-state index in [0.717, 1.165) is 12.1 Å². The average Bonchev–Trinajstić information content (AvgIpc) is 3.11. The molecule has 2 atom stereocenters. The molecule has 2 aliphatic heterocycles. The van der Waals surface area contributed by atoms with Gasteiger partial charge >= 0.3 is 0 Å². The lowest BCUT2D eigenvalue weighted by atomic mass is 10.0. The first-order valence-electron chi connectivity index (χ1n) is 7.98. The Morgan fingerprint density at radius 1 is 1.48 bits per heavy atom. The Bertz CT molecular complexity index is 799. The van der Waals surface area contributed by atoms with Crippen molar-refractivity contribution in [3.8, 4) is 5.75 Å². The van der Waals surface area contributed by atoms with Crippen LogP contribution < -0.4 is 4.74 Å². The lowest BCUT2D eigenvalue weighted by molar-refractivity contribution is -0.140. The number of piperidine rings is 1. The minimum absolute atomic E-state index is 0.0371. The standard InChI is InChI=1S/C16H16ClFN4O3/c17-12-5-11(1-2-13(12)18)24-9-16(23)21-4-3-15-14(7-21)22-10(8-25-15)6-19-20-22/h1-2,5-6,14-15H,3-4,7-9H2/t14-,15-/m0/s1. The molecule has 2 aromatic rings. The molecule has 0 saturated carbocycles.